The number of aliphatic imine (C=N–C) groups is 1. The first-order valence-corrected chi connectivity index (χ1v) is 4.38. The van der Waals surface area contributed by atoms with Crippen molar-refractivity contribution >= 4 is 5.84 Å². The highest BCUT2D eigenvalue weighted by Gasteiger charge is 2.15. The first-order valence-electron chi connectivity index (χ1n) is 4.38. The number of hydrogen-bond acceptors (Lipinski definition) is 3. The highest BCUT2D eigenvalue weighted by atomic mass is 14.9. The fourth-order valence-electron chi connectivity index (χ4n) is 1.50. The Morgan fingerprint density at radius 3 is 2.54 bits per heavy atom. The lowest BCUT2D eigenvalue weighted by molar-refractivity contribution is 0.613. The van der Waals surface area contributed by atoms with Crippen LogP contribution in [0.2, 0.25) is 0 Å². The van der Waals surface area contributed by atoms with E-state index < -0.39 is 0 Å². The smallest absolute Gasteiger partial charge is 0.141 e. The summed E-state index contributed by atoms with van der Waals surface area (Å²) in [6.45, 7) is 6.89. The van der Waals surface area contributed by atoms with Crippen molar-refractivity contribution in [2.75, 3.05) is 6.54 Å². The van der Waals surface area contributed by atoms with Gasteiger partial charge in [0, 0.05) is 5.41 Å². The van der Waals surface area contributed by atoms with Crippen LogP contribution in [-0.2, 0) is 0 Å². The molecule has 0 saturated carbocycles. The zero-order valence-electron chi connectivity index (χ0n) is 8.46. The van der Waals surface area contributed by atoms with Gasteiger partial charge in [0.15, 0.2) is 0 Å². The molecule has 4 N–H and O–H groups in total. The van der Waals surface area contributed by atoms with E-state index in [0.717, 1.165) is 0 Å². The number of rotatable bonds is 0. The third-order valence-electron chi connectivity index (χ3n) is 1.94. The Bertz CT molecular complexity index is 295. The van der Waals surface area contributed by atoms with Gasteiger partial charge in [0.2, 0.25) is 0 Å². The maximum Gasteiger partial charge on any atom is 0.141 e. The monoisotopic (exact) mass is 179 g/mol. The minimum absolute atomic E-state index is 0.0330. The van der Waals surface area contributed by atoms with Crippen molar-refractivity contribution in [1.29, 1.82) is 0 Å². The van der Waals surface area contributed by atoms with Gasteiger partial charge < -0.3 is 11.5 Å². The molecule has 0 radical (unpaired) electrons. The van der Waals surface area contributed by atoms with E-state index in [-0.39, 0.29) is 5.41 Å². The highest BCUT2D eigenvalue weighted by molar-refractivity contribution is 5.96. The van der Waals surface area contributed by atoms with Crippen molar-refractivity contribution in [2.24, 2.45) is 21.9 Å². The van der Waals surface area contributed by atoms with E-state index in [4.69, 9.17) is 11.5 Å². The molecule has 1 aliphatic heterocycles. The van der Waals surface area contributed by atoms with Gasteiger partial charge in [-0.1, -0.05) is 25.5 Å². The van der Waals surface area contributed by atoms with Gasteiger partial charge in [-0.15, -0.1) is 0 Å². The van der Waals surface area contributed by atoms with Crippen molar-refractivity contribution in [3.05, 3.63) is 23.4 Å². The van der Waals surface area contributed by atoms with Crippen LogP contribution in [-0.4, -0.2) is 12.4 Å². The second-order valence-corrected chi connectivity index (χ2v) is 4.11. The molecule has 13 heavy (non-hydrogen) atoms. The van der Waals surface area contributed by atoms with Gasteiger partial charge in [-0.05, 0) is 13.0 Å². The SMILES string of the molecule is CC1=CC(C)(C)/C=C(/N)C(N)=NC1. The maximum absolute atomic E-state index is 5.74. The fourth-order valence-corrected chi connectivity index (χ4v) is 1.50. The summed E-state index contributed by atoms with van der Waals surface area (Å²) in [7, 11) is 0. The second-order valence-electron chi connectivity index (χ2n) is 4.11. The minimum atomic E-state index is -0.0330. The molecule has 0 aromatic carbocycles. The molecule has 1 heterocycles. The summed E-state index contributed by atoms with van der Waals surface area (Å²) in [5.41, 5.74) is 13.2. The third kappa shape index (κ3) is 2.61. The zero-order chi connectivity index (χ0) is 10.1. The number of nitrogens with two attached hydrogens (primary N) is 2. The van der Waals surface area contributed by atoms with Crippen LogP contribution in [0.25, 0.3) is 0 Å². The molecule has 0 atom stereocenters. The molecule has 0 saturated heterocycles. The van der Waals surface area contributed by atoms with E-state index in [1.807, 2.05) is 13.0 Å². The number of nitrogens with zero attached hydrogens (tertiary/aromatic N) is 1. The summed E-state index contributed by atoms with van der Waals surface area (Å²) in [6, 6.07) is 0. The van der Waals surface area contributed by atoms with E-state index in [1.54, 1.807) is 0 Å². The van der Waals surface area contributed by atoms with Crippen molar-refractivity contribution in [2.45, 2.75) is 20.8 Å². The van der Waals surface area contributed by atoms with Crippen molar-refractivity contribution < 1.29 is 0 Å². The van der Waals surface area contributed by atoms with Crippen molar-refractivity contribution in [3.63, 3.8) is 0 Å². The second kappa shape index (κ2) is 3.24. The van der Waals surface area contributed by atoms with Crippen LogP contribution in [0.1, 0.15) is 20.8 Å². The summed E-state index contributed by atoms with van der Waals surface area (Å²) < 4.78 is 0. The number of amidine groups is 1. The lowest BCUT2D eigenvalue weighted by Crippen LogP contribution is -2.25. The molecule has 0 amide bonds. The number of allylic oxidation sites excluding steroid dienone is 2. The molecular formula is C10H17N3. The Hall–Kier alpha value is -1.25. The third-order valence-corrected chi connectivity index (χ3v) is 1.94. The van der Waals surface area contributed by atoms with Crippen LogP contribution in [0.4, 0.5) is 0 Å². The first-order chi connectivity index (χ1) is 5.91. The topological polar surface area (TPSA) is 64.4 Å². The molecule has 3 nitrogen and oxygen atoms in total. The van der Waals surface area contributed by atoms with Crippen LogP contribution in [0.5, 0.6) is 0 Å². The van der Waals surface area contributed by atoms with Gasteiger partial charge in [0.05, 0.1) is 12.2 Å². The lowest BCUT2D eigenvalue weighted by atomic mass is 9.89. The largest absolute Gasteiger partial charge is 0.396 e. The molecular weight excluding hydrogens is 162 g/mol. The van der Waals surface area contributed by atoms with Crippen molar-refractivity contribution in [3.8, 4) is 0 Å². The van der Waals surface area contributed by atoms with Crippen LogP contribution in [0.3, 0.4) is 0 Å². The Morgan fingerprint density at radius 1 is 1.31 bits per heavy atom. The molecule has 1 rings (SSSR count). The quantitative estimate of drug-likeness (QED) is 0.548. The van der Waals surface area contributed by atoms with E-state index in [1.165, 1.54) is 5.57 Å². The molecule has 0 aliphatic carbocycles. The van der Waals surface area contributed by atoms with Gasteiger partial charge in [-0.3, -0.25) is 4.99 Å². The van der Waals surface area contributed by atoms with E-state index in [2.05, 4.69) is 24.9 Å². The summed E-state index contributed by atoms with van der Waals surface area (Å²) in [5.74, 6) is 0.445. The first kappa shape index (κ1) is 9.84. The normalized spacial score (nSPS) is 26.2. The van der Waals surface area contributed by atoms with Gasteiger partial charge in [0.1, 0.15) is 5.84 Å². The van der Waals surface area contributed by atoms with Crippen LogP contribution in [0.15, 0.2) is 28.4 Å². The Kier molecular flexibility index (Phi) is 2.45. The molecule has 0 bridgehead atoms. The number of hydrogen-bond donors (Lipinski definition) is 2. The summed E-state index contributed by atoms with van der Waals surface area (Å²) in [6.07, 6.45) is 4.10. The van der Waals surface area contributed by atoms with Crippen LogP contribution in [0, 0.1) is 5.41 Å². The summed E-state index contributed by atoms with van der Waals surface area (Å²) in [4.78, 5) is 4.14. The molecule has 0 spiro atoms. The summed E-state index contributed by atoms with van der Waals surface area (Å²) >= 11 is 0. The van der Waals surface area contributed by atoms with E-state index in [9.17, 15) is 0 Å². The molecule has 72 valence electrons. The highest BCUT2D eigenvalue weighted by Crippen LogP contribution is 2.23. The molecule has 0 aromatic heterocycles. The molecule has 0 fully saturated rings. The summed E-state index contributed by atoms with van der Waals surface area (Å²) in [5, 5.41) is 0. The Morgan fingerprint density at radius 2 is 1.92 bits per heavy atom. The zero-order valence-corrected chi connectivity index (χ0v) is 8.46. The Balaban J connectivity index is 3.12. The fraction of sp³-hybridized carbons (Fsp3) is 0.500. The predicted molar refractivity (Wildman–Crippen MR) is 56.3 cm³/mol. The van der Waals surface area contributed by atoms with E-state index in [0.29, 0.717) is 18.1 Å². The average Bonchev–Trinajstić information content (AvgIpc) is 1.96. The molecule has 0 unspecified atom stereocenters. The molecule has 0 aromatic rings. The average molecular weight is 179 g/mol. The van der Waals surface area contributed by atoms with Gasteiger partial charge in [-0.25, -0.2) is 0 Å². The van der Waals surface area contributed by atoms with Gasteiger partial charge in [0.25, 0.3) is 0 Å². The molecule has 1 aliphatic rings. The molecule has 3 heteroatoms. The predicted octanol–water partition coefficient (Wildman–Crippen LogP) is 1.17. The van der Waals surface area contributed by atoms with Gasteiger partial charge >= 0.3 is 0 Å². The lowest BCUT2D eigenvalue weighted by Gasteiger charge is -2.19. The standard InChI is InChI=1S/C10H17N3/c1-7-4-10(2,3)5-8(11)9(12)13-6-7/h4-5H,6,11H2,1-3H3,(H2,12,13)/b7-4?,8-5+. The van der Waals surface area contributed by atoms with E-state index >= 15 is 0 Å². The Labute approximate surface area is 79.2 Å². The van der Waals surface area contributed by atoms with Crippen molar-refractivity contribution in [1.82, 2.24) is 0 Å². The van der Waals surface area contributed by atoms with Crippen LogP contribution < -0.4 is 11.5 Å². The maximum atomic E-state index is 5.74. The minimum Gasteiger partial charge on any atom is -0.396 e. The van der Waals surface area contributed by atoms with Gasteiger partial charge in [-0.2, -0.15) is 0 Å². The van der Waals surface area contributed by atoms with Crippen LogP contribution >= 0.6 is 0 Å².